The molecular weight excluding hydrogens is 374 g/mol. The molecule has 0 spiro atoms. The number of nitrogens with zero attached hydrogens (tertiary/aromatic N) is 1. The van der Waals surface area contributed by atoms with Crippen LogP contribution in [0.3, 0.4) is 0 Å². The number of pyridine rings is 1. The van der Waals surface area contributed by atoms with Crippen LogP contribution in [0.25, 0.3) is 0 Å². The van der Waals surface area contributed by atoms with Gasteiger partial charge in [0.2, 0.25) is 0 Å². The minimum atomic E-state index is -4.75. The van der Waals surface area contributed by atoms with Crippen LogP contribution in [0.2, 0.25) is 0 Å². The maximum atomic E-state index is 12.2. The van der Waals surface area contributed by atoms with Gasteiger partial charge in [-0.3, -0.25) is 4.98 Å². The second kappa shape index (κ2) is 6.53. The first-order valence-corrected chi connectivity index (χ1v) is 6.93. The van der Waals surface area contributed by atoms with Crippen molar-refractivity contribution in [2.75, 3.05) is 0 Å². The van der Waals surface area contributed by atoms with Gasteiger partial charge in [-0.1, -0.05) is 0 Å². The first kappa shape index (κ1) is 15.9. The monoisotopic (exact) mass is 381 g/mol. The summed E-state index contributed by atoms with van der Waals surface area (Å²) in [7, 11) is 0. The Hall–Kier alpha value is -1.47. The van der Waals surface area contributed by atoms with Gasteiger partial charge < -0.3 is 9.47 Å². The molecular formula is C13H8BrClF3NO2. The Morgan fingerprint density at radius 2 is 1.90 bits per heavy atom. The summed E-state index contributed by atoms with van der Waals surface area (Å²) in [6.07, 6.45) is -1.68. The second-order valence-electron chi connectivity index (χ2n) is 3.90. The van der Waals surface area contributed by atoms with Crippen LogP contribution in [0.15, 0.2) is 41.1 Å². The molecule has 0 saturated heterocycles. The number of hydrogen-bond donors (Lipinski definition) is 0. The summed E-state index contributed by atoms with van der Waals surface area (Å²) in [5.74, 6) is 0.712. The molecule has 1 aromatic carbocycles. The van der Waals surface area contributed by atoms with Crippen molar-refractivity contribution in [3.05, 3.63) is 46.7 Å². The second-order valence-corrected chi connectivity index (χ2v) is 5.03. The fourth-order valence-electron chi connectivity index (χ4n) is 1.48. The van der Waals surface area contributed by atoms with E-state index in [9.17, 15) is 13.2 Å². The molecule has 8 heteroatoms. The Kier molecular flexibility index (Phi) is 4.95. The molecule has 0 unspecified atom stereocenters. The normalized spacial score (nSPS) is 11.3. The zero-order valence-electron chi connectivity index (χ0n) is 10.3. The van der Waals surface area contributed by atoms with Crippen molar-refractivity contribution in [1.82, 2.24) is 4.98 Å². The lowest BCUT2D eigenvalue weighted by Crippen LogP contribution is -2.17. The Bertz CT molecular complexity index is 637. The van der Waals surface area contributed by atoms with Crippen molar-refractivity contribution in [1.29, 1.82) is 0 Å². The summed E-state index contributed by atoms with van der Waals surface area (Å²) in [6.45, 7) is 0. The third-order valence-electron chi connectivity index (χ3n) is 2.29. The maximum Gasteiger partial charge on any atom is 0.573 e. The Labute approximate surface area is 131 Å². The van der Waals surface area contributed by atoms with E-state index in [1.165, 1.54) is 18.3 Å². The molecule has 21 heavy (non-hydrogen) atoms. The minimum Gasteiger partial charge on any atom is -0.456 e. The Balaban J connectivity index is 2.16. The average Bonchev–Trinajstić information content (AvgIpc) is 2.41. The fourth-order valence-corrected chi connectivity index (χ4v) is 2.07. The van der Waals surface area contributed by atoms with E-state index in [1.807, 2.05) is 0 Å². The molecule has 1 heterocycles. The average molecular weight is 383 g/mol. The topological polar surface area (TPSA) is 31.4 Å². The highest BCUT2D eigenvalue weighted by molar-refractivity contribution is 9.10. The third-order valence-corrected chi connectivity index (χ3v) is 3.22. The molecule has 2 rings (SSSR count). The van der Waals surface area contributed by atoms with Gasteiger partial charge in [0, 0.05) is 12.1 Å². The predicted octanol–water partition coefficient (Wildman–Crippen LogP) is 5.27. The number of rotatable bonds is 4. The van der Waals surface area contributed by atoms with Gasteiger partial charge in [-0.25, -0.2) is 0 Å². The zero-order valence-corrected chi connectivity index (χ0v) is 12.7. The van der Waals surface area contributed by atoms with Crippen molar-refractivity contribution in [3.8, 4) is 17.2 Å². The van der Waals surface area contributed by atoms with E-state index in [0.29, 0.717) is 11.5 Å². The van der Waals surface area contributed by atoms with Gasteiger partial charge in [0.25, 0.3) is 0 Å². The van der Waals surface area contributed by atoms with Crippen LogP contribution in [0.4, 0.5) is 13.2 Å². The van der Waals surface area contributed by atoms with E-state index in [1.54, 1.807) is 12.3 Å². The van der Waals surface area contributed by atoms with Crippen LogP contribution >= 0.6 is 27.5 Å². The van der Waals surface area contributed by atoms with Gasteiger partial charge in [-0.05, 0) is 45.8 Å². The number of aromatic nitrogens is 1. The molecule has 0 aliphatic carbocycles. The highest BCUT2D eigenvalue weighted by atomic mass is 79.9. The SMILES string of the molecule is FC(F)(F)Oc1ccc(Oc2cncc(CCl)c2)cc1Br. The standard InChI is InChI=1S/C13H8BrClF3NO2/c14-11-4-9(1-2-12(11)21-13(16,17)18)20-10-3-8(5-15)6-19-7-10/h1-4,6-7H,5H2. The van der Waals surface area contributed by atoms with Gasteiger partial charge >= 0.3 is 6.36 Å². The zero-order chi connectivity index (χ0) is 15.5. The van der Waals surface area contributed by atoms with E-state index in [0.717, 1.165) is 11.6 Å². The number of benzene rings is 1. The van der Waals surface area contributed by atoms with Gasteiger partial charge in [-0.15, -0.1) is 24.8 Å². The molecule has 0 fully saturated rings. The molecule has 2 aromatic rings. The Morgan fingerprint density at radius 1 is 1.14 bits per heavy atom. The quantitative estimate of drug-likeness (QED) is 0.675. The van der Waals surface area contributed by atoms with Crippen molar-refractivity contribution < 1.29 is 22.6 Å². The van der Waals surface area contributed by atoms with Gasteiger partial charge in [0.1, 0.15) is 17.2 Å². The van der Waals surface area contributed by atoms with Crippen LogP contribution in [0.1, 0.15) is 5.56 Å². The first-order valence-electron chi connectivity index (χ1n) is 5.60. The summed E-state index contributed by atoms with van der Waals surface area (Å²) in [4.78, 5) is 3.95. The number of hydrogen-bond acceptors (Lipinski definition) is 3. The summed E-state index contributed by atoms with van der Waals surface area (Å²) >= 11 is 8.68. The van der Waals surface area contributed by atoms with Gasteiger partial charge in [-0.2, -0.15) is 0 Å². The highest BCUT2D eigenvalue weighted by Gasteiger charge is 2.32. The van der Waals surface area contributed by atoms with Crippen LogP contribution in [-0.4, -0.2) is 11.3 Å². The lowest BCUT2D eigenvalue weighted by atomic mass is 10.3. The van der Waals surface area contributed by atoms with E-state index >= 15 is 0 Å². The molecule has 0 saturated carbocycles. The lowest BCUT2D eigenvalue weighted by Gasteiger charge is -2.12. The summed E-state index contributed by atoms with van der Waals surface area (Å²) in [6, 6.07) is 5.58. The molecule has 0 radical (unpaired) electrons. The van der Waals surface area contributed by atoms with E-state index < -0.39 is 6.36 Å². The van der Waals surface area contributed by atoms with E-state index in [-0.39, 0.29) is 16.1 Å². The van der Waals surface area contributed by atoms with Crippen molar-refractivity contribution in [3.63, 3.8) is 0 Å². The van der Waals surface area contributed by atoms with Crippen LogP contribution < -0.4 is 9.47 Å². The summed E-state index contributed by atoms with van der Waals surface area (Å²) in [5, 5.41) is 0. The molecule has 0 bridgehead atoms. The predicted molar refractivity (Wildman–Crippen MR) is 74.7 cm³/mol. The number of ether oxygens (including phenoxy) is 2. The minimum absolute atomic E-state index is 0.124. The number of alkyl halides is 4. The fraction of sp³-hybridized carbons (Fsp3) is 0.154. The molecule has 0 aliphatic rings. The van der Waals surface area contributed by atoms with Crippen LogP contribution in [-0.2, 0) is 5.88 Å². The van der Waals surface area contributed by atoms with Gasteiger partial charge in [0.15, 0.2) is 0 Å². The van der Waals surface area contributed by atoms with E-state index in [4.69, 9.17) is 16.3 Å². The smallest absolute Gasteiger partial charge is 0.456 e. The summed E-state index contributed by atoms with van der Waals surface area (Å²) in [5.41, 5.74) is 0.769. The molecule has 112 valence electrons. The Morgan fingerprint density at radius 3 is 2.52 bits per heavy atom. The van der Waals surface area contributed by atoms with Crippen LogP contribution in [0.5, 0.6) is 17.2 Å². The summed E-state index contributed by atoms with van der Waals surface area (Å²) < 4.78 is 45.9. The molecule has 1 aromatic heterocycles. The molecule has 0 aliphatic heterocycles. The van der Waals surface area contributed by atoms with E-state index in [2.05, 4.69) is 25.7 Å². The highest BCUT2D eigenvalue weighted by Crippen LogP contribution is 2.34. The first-order chi connectivity index (χ1) is 9.87. The van der Waals surface area contributed by atoms with Crippen LogP contribution in [0, 0.1) is 0 Å². The number of halogens is 5. The van der Waals surface area contributed by atoms with Crippen molar-refractivity contribution in [2.45, 2.75) is 12.2 Å². The molecule has 0 N–H and O–H groups in total. The molecule has 3 nitrogen and oxygen atoms in total. The largest absolute Gasteiger partial charge is 0.573 e. The van der Waals surface area contributed by atoms with Gasteiger partial charge in [0.05, 0.1) is 10.7 Å². The van der Waals surface area contributed by atoms with Crippen molar-refractivity contribution >= 4 is 27.5 Å². The van der Waals surface area contributed by atoms with Crippen molar-refractivity contribution in [2.24, 2.45) is 0 Å². The molecule has 0 atom stereocenters. The maximum absolute atomic E-state index is 12.2. The third kappa shape index (κ3) is 4.78. The lowest BCUT2D eigenvalue weighted by molar-refractivity contribution is -0.274. The molecule has 0 amide bonds.